The van der Waals surface area contributed by atoms with Crippen molar-refractivity contribution < 1.29 is 28.7 Å². The predicted molar refractivity (Wildman–Crippen MR) is 130 cm³/mol. The summed E-state index contributed by atoms with van der Waals surface area (Å²) in [5.41, 5.74) is 1.68. The van der Waals surface area contributed by atoms with Crippen molar-refractivity contribution in [1.82, 2.24) is 0 Å². The maximum Gasteiger partial charge on any atom is 0.266 e. The Morgan fingerprint density at radius 3 is 1.78 bits per heavy atom. The number of aromatic hydroxyl groups is 1. The van der Waals surface area contributed by atoms with Gasteiger partial charge in [0.05, 0.1) is 16.8 Å². The van der Waals surface area contributed by atoms with E-state index in [0.717, 1.165) is 22.6 Å². The van der Waals surface area contributed by atoms with Crippen molar-refractivity contribution in [2.24, 2.45) is 0 Å². The Hall–Kier alpha value is -4.91. The van der Waals surface area contributed by atoms with Crippen LogP contribution in [0.3, 0.4) is 0 Å². The molecule has 1 N–H and O–H groups in total. The number of hydrogen-bond acceptors (Lipinski definition) is 5. The average Bonchev–Trinajstić information content (AvgIpc) is 3.12. The van der Waals surface area contributed by atoms with Crippen LogP contribution in [-0.4, -0.2) is 28.5 Å². The zero-order valence-corrected chi connectivity index (χ0v) is 19.0. The number of halogens is 1. The van der Waals surface area contributed by atoms with Gasteiger partial charge in [-0.05, 0) is 67.6 Å². The number of imide groups is 1. The fraction of sp³-hybridized carbons (Fsp3) is 0.0345. The number of nitrogens with zero attached hydrogens (tertiary/aromatic N) is 1. The molecule has 36 heavy (non-hydrogen) atoms. The third-order valence-electron chi connectivity index (χ3n) is 5.99. The summed E-state index contributed by atoms with van der Waals surface area (Å²) in [5.74, 6) is -3.00. The molecular formula is C29H18FNO5. The molecule has 6 nitrogen and oxygen atoms in total. The number of hydrogen-bond donors (Lipinski definition) is 1. The van der Waals surface area contributed by atoms with E-state index in [1.165, 1.54) is 48.5 Å². The first-order valence-electron chi connectivity index (χ1n) is 11.0. The molecule has 0 saturated heterocycles. The number of carbonyl (C=O) groups excluding carboxylic acids is 4. The van der Waals surface area contributed by atoms with E-state index in [9.17, 15) is 28.7 Å². The summed E-state index contributed by atoms with van der Waals surface area (Å²) >= 11 is 0. The van der Waals surface area contributed by atoms with Crippen LogP contribution in [-0.2, 0) is 0 Å². The Balaban J connectivity index is 1.64. The van der Waals surface area contributed by atoms with Gasteiger partial charge in [-0.1, -0.05) is 29.8 Å². The third kappa shape index (κ3) is 3.96. The molecular weight excluding hydrogens is 461 g/mol. The molecule has 1 heterocycles. The Labute approximate surface area is 205 Å². The summed E-state index contributed by atoms with van der Waals surface area (Å²) in [5, 5.41) is 9.56. The molecule has 0 fully saturated rings. The highest BCUT2D eigenvalue weighted by atomic mass is 19.1. The third-order valence-corrected chi connectivity index (χ3v) is 5.99. The van der Waals surface area contributed by atoms with Gasteiger partial charge in [0, 0.05) is 22.3 Å². The number of benzene rings is 4. The highest BCUT2D eigenvalue weighted by Crippen LogP contribution is 2.31. The van der Waals surface area contributed by atoms with Gasteiger partial charge in [0.25, 0.3) is 11.8 Å². The quantitative estimate of drug-likeness (QED) is 0.318. The van der Waals surface area contributed by atoms with Crippen molar-refractivity contribution in [1.29, 1.82) is 0 Å². The van der Waals surface area contributed by atoms with Crippen LogP contribution in [0.15, 0.2) is 84.9 Å². The second-order valence-corrected chi connectivity index (χ2v) is 8.48. The minimum Gasteiger partial charge on any atom is -0.508 e. The van der Waals surface area contributed by atoms with Gasteiger partial charge in [0.2, 0.25) is 0 Å². The topological polar surface area (TPSA) is 91.8 Å². The van der Waals surface area contributed by atoms with E-state index in [-0.39, 0.29) is 39.3 Å². The molecule has 0 saturated carbocycles. The van der Waals surface area contributed by atoms with Gasteiger partial charge >= 0.3 is 0 Å². The first-order valence-corrected chi connectivity index (χ1v) is 11.0. The molecule has 2 amide bonds. The van der Waals surface area contributed by atoms with E-state index in [4.69, 9.17) is 0 Å². The summed E-state index contributed by atoms with van der Waals surface area (Å²) < 4.78 is 13.8. The molecule has 4 aromatic rings. The lowest BCUT2D eigenvalue weighted by Crippen LogP contribution is -2.30. The number of phenolic OH excluding ortho intramolecular Hbond substituents is 1. The first kappa shape index (κ1) is 22.9. The monoisotopic (exact) mass is 479 g/mol. The van der Waals surface area contributed by atoms with E-state index >= 15 is 0 Å². The summed E-state index contributed by atoms with van der Waals surface area (Å²) in [7, 11) is 0. The van der Waals surface area contributed by atoms with Crippen LogP contribution in [0.5, 0.6) is 5.75 Å². The summed E-state index contributed by atoms with van der Waals surface area (Å²) in [6, 6.07) is 19.8. The second kappa shape index (κ2) is 8.70. The molecule has 0 aliphatic carbocycles. The Bertz CT molecular complexity index is 1500. The van der Waals surface area contributed by atoms with Crippen molar-refractivity contribution in [3.63, 3.8) is 0 Å². The van der Waals surface area contributed by atoms with Crippen molar-refractivity contribution in [2.45, 2.75) is 6.92 Å². The van der Waals surface area contributed by atoms with Gasteiger partial charge in [0.15, 0.2) is 11.6 Å². The number of rotatable bonds is 5. The van der Waals surface area contributed by atoms with Gasteiger partial charge < -0.3 is 5.11 Å². The Morgan fingerprint density at radius 1 is 0.667 bits per heavy atom. The normalized spacial score (nSPS) is 12.6. The van der Waals surface area contributed by atoms with Gasteiger partial charge in [-0.2, -0.15) is 0 Å². The zero-order chi connectivity index (χ0) is 25.6. The second-order valence-electron chi connectivity index (χ2n) is 8.48. The van der Waals surface area contributed by atoms with Crippen molar-refractivity contribution in [3.05, 3.63) is 130 Å². The molecule has 1 aliphatic rings. The van der Waals surface area contributed by atoms with Gasteiger partial charge in [-0.15, -0.1) is 0 Å². The number of fused-ring (bicyclic) bond motifs is 1. The van der Waals surface area contributed by atoms with Crippen molar-refractivity contribution in [3.8, 4) is 5.75 Å². The largest absolute Gasteiger partial charge is 0.508 e. The fourth-order valence-electron chi connectivity index (χ4n) is 4.10. The van der Waals surface area contributed by atoms with E-state index in [0.29, 0.717) is 5.56 Å². The lowest BCUT2D eigenvalue weighted by molar-refractivity contribution is 0.0922. The molecule has 0 radical (unpaired) electrons. The molecule has 5 rings (SSSR count). The number of carbonyl (C=O) groups is 4. The first-order chi connectivity index (χ1) is 17.2. The number of anilines is 1. The van der Waals surface area contributed by atoms with E-state index < -0.39 is 29.2 Å². The lowest BCUT2D eigenvalue weighted by atomic mass is 9.96. The summed E-state index contributed by atoms with van der Waals surface area (Å²) in [4.78, 5) is 53.6. The number of phenols is 1. The number of amides is 2. The lowest BCUT2D eigenvalue weighted by Gasteiger charge is -2.17. The van der Waals surface area contributed by atoms with E-state index in [2.05, 4.69) is 0 Å². The molecule has 176 valence electrons. The summed E-state index contributed by atoms with van der Waals surface area (Å²) in [6.07, 6.45) is 0. The van der Waals surface area contributed by atoms with E-state index in [1.807, 2.05) is 6.92 Å². The number of aryl methyl sites for hydroxylation is 1. The smallest absolute Gasteiger partial charge is 0.266 e. The van der Waals surface area contributed by atoms with Gasteiger partial charge in [0.1, 0.15) is 11.6 Å². The van der Waals surface area contributed by atoms with Crippen LogP contribution in [0, 0.1) is 12.7 Å². The van der Waals surface area contributed by atoms with Crippen LogP contribution in [0.1, 0.15) is 58.1 Å². The van der Waals surface area contributed by atoms with Crippen LogP contribution in [0.4, 0.5) is 10.1 Å². The maximum absolute atomic E-state index is 13.8. The molecule has 7 heteroatoms. The highest BCUT2D eigenvalue weighted by molar-refractivity contribution is 6.34. The maximum atomic E-state index is 13.8. The minimum atomic E-state index is -0.752. The van der Waals surface area contributed by atoms with Crippen molar-refractivity contribution in [2.75, 3.05) is 4.90 Å². The number of ketones is 2. The standard InChI is InChI=1S/C29H18FNO5/c1-16-2-4-17(5-3-16)26(33)19-12-20(27(34)18-6-9-23(32)10-7-18)14-22(13-19)31-28(35)24-11-8-21(30)15-25(24)29(31)36/h2-15,32H,1H3. The SMILES string of the molecule is Cc1ccc(C(=O)c2cc(C(=O)c3ccc(O)cc3)cc(N3C(=O)c4ccc(F)cc4C3=O)c2)cc1. The molecule has 1 aliphatic heterocycles. The van der Waals surface area contributed by atoms with Crippen molar-refractivity contribution >= 4 is 29.1 Å². The Morgan fingerprint density at radius 2 is 1.19 bits per heavy atom. The molecule has 4 aromatic carbocycles. The molecule has 0 unspecified atom stereocenters. The summed E-state index contributed by atoms with van der Waals surface area (Å²) in [6.45, 7) is 1.88. The average molecular weight is 479 g/mol. The minimum absolute atomic E-state index is 0.0155. The van der Waals surface area contributed by atoms with Crippen LogP contribution >= 0.6 is 0 Å². The van der Waals surface area contributed by atoms with E-state index in [1.54, 1.807) is 24.3 Å². The Kier molecular flexibility index (Phi) is 5.53. The zero-order valence-electron chi connectivity index (χ0n) is 19.0. The molecule has 0 spiro atoms. The predicted octanol–water partition coefficient (Wildman–Crippen LogP) is 5.10. The van der Waals surface area contributed by atoms with Crippen LogP contribution < -0.4 is 4.90 Å². The highest BCUT2D eigenvalue weighted by Gasteiger charge is 2.37. The molecule has 0 bridgehead atoms. The van der Waals surface area contributed by atoms with Gasteiger partial charge in [-0.25, -0.2) is 9.29 Å². The van der Waals surface area contributed by atoms with Crippen LogP contribution in [0.25, 0.3) is 0 Å². The molecule has 0 aromatic heterocycles. The fourth-order valence-corrected chi connectivity index (χ4v) is 4.10. The van der Waals surface area contributed by atoms with Gasteiger partial charge in [-0.3, -0.25) is 19.2 Å². The molecule has 0 atom stereocenters. The van der Waals surface area contributed by atoms with Crippen LogP contribution in [0.2, 0.25) is 0 Å².